The average Bonchev–Trinajstić information content (AvgIpc) is 3.45. The fourth-order valence-electron chi connectivity index (χ4n) is 5.44. The summed E-state index contributed by atoms with van der Waals surface area (Å²) in [5, 5.41) is 8.96. The number of rotatable bonds is 5. The molecule has 1 aliphatic heterocycles. The normalized spacial score (nSPS) is 19.4. The number of nitrogens with one attached hydrogen (secondary N) is 2. The van der Waals surface area contributed by atoms with E-state index in [1.807, 2.05) is 30.0 Å². The van der Waals surface area contributed by atoms with Crippen molar-refractivity contribution in [2.75, 3.05) is 26.2 Å². The number of amides is 2. The topological polar surface area (TPSA) is 94.3 Å². The molecule has 3 aromatic rings. The molecule has 2 amide bonds. The van der Waals surface area contributed by atoms with E-state index in [0.29, 0.717) is 37.2 Å². The second-order valence-electron chi connectivity index (χ2n) is 11.1. The highest BCUT2D eigenvalue weighted by molar-refractivity contribution is 5.99. The van der Waals surface area contributed by atoms with Crippen molar-refractivity contribution in [2.24, 2.45) is 5.41 Å². The number of benzene rings is 1. The molecule has 1 saturated heterocycles. The predicted molar refractivity (Wildman–Crippen MR) is 140 cm³/mol. The molecule has 2 aromatic heterocycles. The van der Waals surface area contributed by atoms with Crippen molar-refractivity contribution in [1.29, 1.82) is 0 Å². The van der Waals surface area contributed by atoms with Crippen LogP contribution in [0.15, 0.2) is 24.3 Å². The van der Waals surface area contributed by atoms with Crippen molar-refractivity contribution in [3.63, 3.8) is 0 Å². The van der Waals surface area contributed by atoms with Gasteiger partial charge in [-0.3, -0.25) is 9.89 Å². The second kappa shape index (κ2) is 9.64. The van der Waals surface area contributed by atoms with Crippen LogP contribution in [0.25, 0.3) is 22.3 Å². The minimum atomic E-state index is -0.285. The Morgan fingerprint density at radius 3 is 2.83 bits per heavy atom. The molecule has 1 aliphatic carbocycles. The fraction of sp³-hybridized carbons (Fsp3) is 0.536. The summed E-state index contributed by atoms with van der Waals surface area (Å²) in [5.74, 6) is -0.0149. The van der Waals surface area contributed by atoms with Crippen LogP contribution in [-0.4, -0.2) is 69.3 Å². The van der Waals surface area contributed by atoms with Crippen molar-refractivity contribution < 1.29 is 14.3 Å². The molecule has 0 radical (unpaired) electrons. The van der Waals surface area contributed by atoms with Crippen molar-refractivity contribution >= 4 is 22.9 Å². The molecule has 0 bridgehead atoms. The molecular weight excluding hydrogens is 454 g/mol. The van der Waals surface area contributed by atoms with Gasteiger partial charge in [-0.05, 0) is 56.2 Å². The molecule has 0 unspecified atom stereocenters. The highest BCUT2D eigenvalue weighted by Gasteiger charge is 2.32. The lowest BCUT2D eigenvalue weighted by atomic mass is 9.76. The molecule has 3 heterocycles. The van der Waals surface area contributed by atoms with Crippen LogP contribution >= 0.6 is 0 Å². The van der Waals surface area contributed by atoms with Gasteiger partial charge in [0, 0.05) is 53.4 Å². The summed E-state index contributed by atoms with van der Waals surface area (Å²) < 4.78 is 5.35. The molecule has 1 aromatic carbocycles. The van der Waals surface area contributed by atoms with Gasteiger partial charge in [0.1, 0.15) is 5.69 Å². The molecule has 2 N–H and O–H groups in total. The second-order valence-corrected chi connectivity index (χ2v) is 11.1. The number of ether oxygens (including phenoxy) is 1. The third-order valence-corrected chi connectivity index (χ3v) is 7.65. The summed E-state index contributed by atoms with van der Waals surface area (Å²) in [4.78, 5) is 32.8. The van der Waals surface area contributed by atoms with E-state index in [0.717, 1.165) is 54.4 Å². The van der Waals surface area contributed by atoms with Gasteiger partial charge in [0.15, 0.2) is 0 Å². The van der Waals surface area contributed by atoms with Gasteiger partial charge in [0.2, 0.25) is 0 Å². The standard InChI is InChI=1S/C28H37N5O3/c1-5-6-13-36-27(35)32-11-12-33(18(2)17-32)26(34)20-8-7-19-14-23(29-22(19)15-20)25-21-9-10-28(3,4)16-24(21)30-31-25/h7-8,14-15,18,29H,5-6,9-13,16-17H2,1-4H3,(H,30,31)/t18-/m0/s1. The molecule has 8 heteroatoms. The molecular formula is C28H37N5O3. The lowest BCUT2D eigenvalue weighted by Gasteiger charge is -2.39. The number of aromatic amines is 2. The monoisotopic (exact) mass is 491 g/mol. The maximum absolute atomic E-state index is 13.4. The number of nitrogens with zero attached hydrogens (tertiary/aromatic N) is 3. The first-order valence-electron chi connectivity index (χ1n) is 13.2. The molecule has 1 fully saturated rings. The van der Waals surface area contributed by atoms with Gasteiger partial charge < -0.3 is 19.5 Å². The molecule has 1 atom stereocenters. The van der Waals surface area contributed by atoms with Crippen molar-refractivity contribution in [2.45, 2.75) is 65.8 Å². The number of carbonyl (C=O) groups is 2. The van der Waals surface area contributed by atoms with Crippen LogP contribution in [0, 0.1) is 5.41 Å². The lowest BCUT2D eigenvalue weighted by Crippen LogP contribution is -2.55. The number of unbranched alkanes of at least 4 members (excludes halogenated alkanes) is 1. The zero-order chi connectivity index (χ0) is 25.4. The van der Waals surface area contributed by atoms with Gasteiger partial charge in [0.05, 0.1) is 12.3 Å². The number of piperazine rings is 1. The molecule has 192 valence electrons. The minimum Gasteiger partial charge on any atom is -0.449 e. The SMILES string of the molecule is CCCCOC(=O)N1CCN(C(=O)c2ccc3cc(-c4n[nH]c5c4CCC(C)(C)C5)[nH]c3c2)[C@@H](C)C1. The van der Waals surface area contributed by atoms with Crippen LogP contribution < -0.4 is 0 Å². The number of carbonyl (C=O) groups excluding carboxylic acids is 2. The Balaban J connectivity index is 1.30. The molecule has 2 aliphatic rings. The fourth-order valence-corrected chi connectivity index (χ4v) is 5.44. The summed E-state index contributed by atoms with van der Waals surface area (Å²) in [5.41, 5.74) is 6.37. The van der Waals surface area contributed by atoms with E-state index in [4.69, 9.17) is 4.74 Å². The van der Waals surface area contributed by atoms with E-state index in [9.17, 15) is 9.59 Å². The Labute approximate surface area is 212 Å². The van der Waals surface area contributed by atoms with Crippen LogP contribution in [0.5, 0.6) is 0 Å². The Morgan fingerprint density at radius 1 is 1.22 bits per heavy atom. The molecule has 0 spiro atoms. The van der Waals surface area contributed by atoms with E-state index in [-0.39, 0.29) is 18.0 Å². The molecule has 8 nitrogen and oxygen atoms in total. The average molecular weight is 492 g/mol. The third-order valence-electron chi connectivity index (χ3n) is 7.65. The zero-order valence-corrected chi connectivity index (χ0v) is 21.8. The molecule has 36 heavy (non-hydrogen) atoms. The van der Waals surface area contributed by atoms with Crippen LogP contribution in [0.3, 0.4) is 0 Å². The largest absolute Gasteiger partial charge is 0.449 e. The number of fused-ring (bicyclic) bond motifs is 2. The smallest absolute Gasteiger partial charge is 0.409 e. The van der Waals surface area contributed by atoms with Gasteiger partial charge in [-0.2, -0.15) is 5.10 Å². The predicted octanol–water partition coefficient (Wildman–Crippen LogP) is 5.16. The Hall–Kier alpha value is -3.29. The van der Waals surface area contributed by atoms with Gasteiger partial charge in [-0.25, -0.2) is 4.79 Å². The van der Waals surface area contributed by atoms with Gasteiger partial charge >= 0.3 is 6.09 Å². The summed E-state index contributed by atoms with van der Waals surface area (Å²) in [6.07, 6.45) is 4.74. The maximum Gasteiger partial charge on any atom is 0.409 e. The Bertz CT molecular complexity index is 1270. The van der Waals surface area contributed by atoms with E-state index >= 15 is 0 Å². The molecule has 5 rings (SSSR count). The molecule has 0 saturated carbocycles. The van der Waals surface area contributed by atoms with E-state index < -0.39 is 0 Å². The van der Waals surface area contributed by atoms with Crippen molar-refractivity contribution in [3.05, 3.63) is 41.1 Å². The Kier molecular flexibility index (Phi) is 6.53. The van der Waals surface area contributed by atoms with Crippen LogP contribution in [0.1, 0.15) is 68.6 Å². The van der Waals surface area contributed by atoms with Crippen LogP contribution in [-0.2, 0) is 17.6 Å². The summed E-state index contributed by atoms with van der Waals surface area (Å²) >= 11 is 0. The quantitative estimate of drug-likeness (QED) is 0.482. The zero-order valence-electron chi connectivity index (χ0n) is 21.8. The van der Waals surface area contributed by atoms with E-state index in [2.05, 4.69) is 42.0 Å². The van der Waals surface area contributed by atoms with Gasteiger partial charge in [-0.15, -0.1) is 0 Å². The number of H-pyrrole nitrogens is 2. The van der Waals surface area contributed by atoms with E-state index in [1.54, 1.807) is 4.90 Å². The highest BCUT2D eigenvalue weighted by Crippen LogP contribution is 2.38. The van der Waals surface area contributed by atoms with Crippen molar-refractivity contribution in [1.82, 2.24) is 25.0 Å². The van der Waals surface area contributed by atoms with Gasteiger partial charge in [-0.1, -0.05) is 33.3 Å². The first-order chi connectivity index (χ1) is 17.3. The summed E-state index contributed by atoms with van der Waals surface area (Å²) in [6, 6.07) is 7.85. The first kappa shape index (κ1) is 24.4. The van der Waals surface area contributed by atoms with Gasteiger partial charge in [0.25, 0.3) is 5.91 Å². The van der Waals surface area contributed by atoms with E-state index in [1.165, 1.54) is 11.3 Å². The Morgan fingerprint density at radius 2 is 2.06 bits per heavy atom. The first-order valence-corrected chi connectivity index (χ1v) is 13.2. The lowest BCUT2D eigenvalue weighted by molar-refractivity contribution is 0.0411. The van der Waals surface area contributed by atoms with Crippen molar-refractivity contribution in [3.8, 4) is 11.4 Å². The highest BCUT2D eigenvalue weighted by atomic mass is 16.6. The third kappa shape index (κ3) is 4.73. The summed E-state index contributed by atoms with van der Waals surface area (Å²) in [7, 11) is 0. The summed E-state index contributed by atoms with van der Waals surface area (Å²) in [6.45, 7) is 10.6. The minimum absolute atomic E-state index is 0.0149. The van der Waals surface area contributed by atoms with Crippen LogP contribution in [0.2, 0.25) is 0 Å². The number of hydrogen-bond acceptors (Lipinski definition) is 4. The maximum atomic E-state index is 13.4. The number of hydrogen-bond donors (Lipinski definition) is 2. The number of aromatic nitrogens is 3. The van der Waals surface area contributed by atoms with Crippen LogP contribution in [0.4, 0.5) is 4.79 Å².